The van der Waals surface area contributed by atoms with Crippen LogP contribution in [0.3, 0.4) is 0 Å². The molecule has 2 atom stereocenters. The minimum Gasteiger partial charge on any atom is -0.497 e. The molecule has 2 unspecified atom stereocenters. The standard InChI is InChI=1S/C19H21F3N2O4/c1-28-13-8-6-12(7-9-13)16(25)14-4-2-10-23(14)17(26)15-5-3-11-24(15)18(27)19(20,21)22/h6-9,14-15H,2-5,10-11H2,1H3. The van der Waals surface area contributed by atoms with E-state index in [0.717, 1.165) is 0 Å². The fourth-order valence-corrected chi connectivity index (χ4v) is 3.87. The van der Waals surface area contributed by atoms with Gasteiger partial charge in [0.25, 0.3) is 0 Å². The van der Waals surface area contributed by atoms with Gasteiger partial charge in [0, 0.05) is 18.7 Å². The Morgan fingerprint density at radius 1 is 0.964 bits per heavy atom. The van der Waals surface area contributed by atoms with Gasteiger partial charge in [0.15, 0.2) is 5.78 Å². The third-order valence-electron chi connectivity index (χ3n) is 5.25. The van der Waals surface area contributed by atoms with Crippen molar-refractivity contribution in [3.8, 4) is 5.75 Å². The molecule has 3 rings (SSSR count). The zero-order chi connectivity index (χ0) is 20.5. The highest BCUT2D eigenvalue weighted by Gasteiger charge is 2.49. The number of ketones is 1. The number of hydrogen-bond acceptors (Lipinski definition) is 4. The van der Waals surface area contributed by atoms with Crippen molar-refractivity contribution in [1.29, 1.82) is 0 Å². The number of alkyl halides is 3. The summed E-state index contributed by atoms with van der Waals surface area (Å²) in [6, 6.07) is 4.56. The van der Waals surface area contributed by atoms with E-state index in [4.69, 9.17) is 4.74 Å². The Bertz CT molecular complexity index is 763. The summed E-state index contributed by atoms with van der Waals surface area (Å²) in [5.74, 6) is -2.26. The average Bonchev–Trinajstić information content (AvgIpc) is 3.35. The molecule has 0 radical (unpaired) electrons. The summed E-state index contributed by atoms with van der Waals surface area (Å²) in [4.78, 5) is 39.4. The van der Waals surface area contributed by atoms with Gasteiger partial charge in [-0.25, -0.2) is 0 Å². The number of rotatable bonds is 4. The molecular formula is C19H21F3N2O4. The first-order valence-corrected chi connectivity index (χ1v) is 9.10. The Morgan fingerprint density at radius 2 is 1.54 bits per heavy atom. The summed E-state index contributed by atoms with van der Waals surface area (Å²) in [5.41, 5.74) is 0.403. The third kappa shape index (κ3) is 3.83. The number of likely N-dealkylation sites (tertiary alicyclic amines) is 2. The lowest BCUT2D eigenvalue weighted by Crippen LogP contribution is -2.53. The number of ether oxygens (including phenoxy) is 1. The lowest BCUT2D eigenvalue weighted by molar-refractivity contribution is -0.187. The van der Waals surface area contributed by atoms with E-state index in [-0.39, 0.29) is 25.3 Å². The van der Waals surface area contributed by atoms with Crippen LogP contribution in [0.4, 0.5) is 13.2 Å². The van der Waals surface area contributed by atoms with Gasteiger partial charge in [-0.3, -0.25) is 14.4 Å². The number of carbonyl (C=O) groups excluding carboxylic acids is 3. The van der Waals surface area contributed by atoms with Crippen molar-refractivity contribution in [3.63, 3.8) is 0 Å². The monoisotopic (exact) mass is 398 g/mol. The van der Waals surface area contributed by atoms with Crippen molar-refractivity contribution >= 4 is 17.6 Å². The SMILES string of the molecule is COc1ccc(C(=O)C2CCCN2C(=O)C2CCCN2C(=O)C(F)(F)F)cc1. The lowest BCUT2D eigenvalue weighted by Gasteiger charge is -2.31. The van der Waals surface area contributed by atoms with Crippen molar-refractivity contribution in [2.45, 2.75) is 43.9 Å². The van der Waals surface area contributed by atoms with Gasteiger partial charge in [0.05, 0.1) is 13.2 Å². The van der Waals surface area contributed by atoms with Crippen LogP contribution in [0.25, 0.3) is 0 Å². The normalized spacial score (nSPS) is 22.4. The summed E-state index contributed by atoms with van der Waals surface area (Å²) in [6.45, 7) is 0.176. The zero-order valence-corrected chi connectivity index (χ0v) is 15.4. The number of hydrogen-bond donors (Lipinski definition) is 0. The van der Waals surface area contributed by atoms with Crippen LogP contribution in [0.1, 0.15) is 36.0 Å². The zero-order valence-electron chi connectivity index (χ0n) is 15.4. The number of Topliss-reactive ketones (excluding diaryl/α,β-unsaturated/α-hetero) is 1. The van der Waals surface area contributed by atoms with Crippen LogP contribution in [0.15, 0.2) is 24.3 Å². The summed E-state index contributed by atoms with van der Waals surface area (Å²) in [5, 5.41) is 0. The fraction of sp³-hybridized carbons (Fsp3) is 0.526. The molecule has 28 heavy (non-hydrogen) atoms. The molecule has 9 heteroatoms. The second-order valence-electron chi connectivity index (χ2n) is 6.94. The van der Waals surface area contributed by atoms with Crippen LogP contribution in [0, 0.1) is 0 Å². The fourth-order valence-electron chi connectivity index (χ4n) is 3.87. The molecule has 2 aliphatic heterocycles. The Hall–Kier alpha value is -2.58. The van der Waals surface area contributed by atoms with Crippen molar-refractivity contribution in [2.75, 3.05) is 20.2 Å². The number of amides is 2. The van der Waals surface area contributed by atoms with Gasteiger partial charge in [-0.05, 0) is 49.9 Å². The molecule has 6 nitrogen and oxygen atoms in total. The highest BCUT2D eigenvalue weighted by molar-refractivity contribution is 6.03. The number of benzene rings is 1. The van der Waals surface area contributed by atoms with E-state index in [0.29, 0.717) is 35.5 Å². The molecule has 2 heterocycles. The van der Waals surface area contributed by atoms with Gasteiger partial charge < -0.3 is 14.5 Å². The molecule has 1 aromatic carbocycles. The van der Waals surface area contributed by atoms with Crippen LogP contribution in [0.2, 0.25) is 0 Å². The van der Waals surface area contributed by atoms with E-state index in [1.807, 2.05) is 0 Å². The van der Waals surface area contributed by atoms with Gasteiger partial charge >= 0.3 is 12.1 Å². The molecule has 0 aromatic heterocycles. The van der Waals surface area contributed by atoms with Gasteiger partial charge in [-0.1, -0.05) is 0 Å². The predicted octanol–water partition coefficient (Wildman–Crippen LogP) is 2.42. The third-order valence-corrected chi connectivity index (χ3v) is 5.25. The molecule has 0 spiro atoms. The minimum absolute atomic E-state index is 0.111. The van der Waals surface area contributed by atoms with Gasteiger partial charge in [0.2, 0.25) is 5.91 Å². The maximum atomic E-state index is 12.9. The molecule has 152 valence electrons. The lowest BCUT2D eigenvalue weighted by atomic mass is 10.0. The molecule has 2 aliphatic rings. The molecule has 2 amide bonds. The highest BCUT2D eigenvalue weighted by Crippen LogP contribution is 2.30. The van der Waals surface area contributed by atoms with E-state index >= 15 is 0 Å². The summed E-state index contributed by atoms with van der Waals surface area (Å²) < 4.78 is 43.5. The van der Waals surface area contributed by atoms with Gasteiger partial charge in [-0.15, -0.1) is 0 Å². The Kier molecular flexibility index (Phi) is 5.62. The Balaban J connectivity index is 1.77. The Morgan fingerprint density at radius 3 is 2.11 bits per heavy atom. The van der Waals surface area contributed by atoms with Crippen LogP contribution in [0.5, 0.6) is 5.75 Å². The first-order chi connectivity index (χ1) is 13.2. The van der Waals surface area contributed by atoms with Gasteiger partial charge in [-0.2, -0.15) is 13.2 Å². The largest absolute Gasteiger partial charge is 0.497 e. The predicted molar refractivity (Wildman–Crippen MR) is 92.8 cm³/mol. The Labute approximate surface area is 160 Å². The molecule has 0 saturated carbocycles. The molecular weight excluding hydrogens is 377 g/mol. The van der Waals surface area contributed by atoms with Crippen LogP contribution >= 0.6 is 0 Å². The van der Waals surface area contributed by atoms with Crippen molar-refractivity contribution < 1.29 is 32.3 Å². The molecule has 0 N–H and O–H groups in total. The van der Waals surface area contributed by atoms with E-state index in [9.17, 15) is 27.6 Å². The average molecular weight is 398 g/mol. The van der Waals surface area contributed by atoms with E-state index in [1.54, 1.807) is 24.3 Å². The smallest absolute Gasteiger partial charge is 0.471 e. The minimum atomic E-state index is -5.02. The van der Waals surface area contributed by atoms with Crippen LogP contribution in [-0.2, 0) is 9.59 Å². The number of nitrogens with zero attached hydrogens (tertiary/aromatic N) is 2. The molecule has 1 aromatic rings. The number of carbonyl (C=O) groups is 3. The first kappa shape index (κ1) is 20.2. The quantitative estimate of drug-likeness (QED) is 0.731. The van der Waals surface area contributed by atoms with E-state index in [2.05, 4.69) is 0 Å². The van der Waals surface area contributed by atoms with Crippen LogP contribution in [-0.4, -0.2) is 65.9 Å². The van der Waals surface area contributed by atoms with Crippen molar-refractivity contribution in [2.24, 2.45) is 0 Å². The molecule has 2 saturated heterocycles. The maximum Gasteiger partial charge on any atom is 0.471 e. The van der Waals surface area contributed by atoms with Crippen molar-refractivity contribution in [3.05, 3.63) is 29.8 Å². The summed E-state index contributed by atoms with van der Waals surface area (Å²) in [7, 11) is 1.50. The van der Waals surface area contributed by atoms with Crippen LogP contribution < -0.4 is 4.74 Å². The second kappa shape index (κ2) is 7.81. The molecule has 0 aliphatic carbocycles. The topological polar surface area (TPSA) is 66.9 Å². The van der Waals surface area contributed by atoms with Crippen molar-refractivity contribution in [1.82, 2.24) is 9.80 Å². The molecule has 2 fully saturated rings. The summed E-state index contributed by atoms with van der Waals surface area (Å²) in [6.07, 6.45) is -3.51. The summed E-state index contributed by atoms with van der Waals surface area (Å²) >= 11 is 0. The van der Waals surface area contributed by atoms with Gasteiger partial charge in [0.1, 0.15) is 11.8 Å². The second-order valence-corrected chi connectivity index (χ2v) is 6.94. The number of methoxy groups -OCH3 is 1. The number of halogens is 3. The molecule has 0 bridgehead atoms. The highest BCUT2D eigenvalue weighted by atomic mass is 19.4. The van der Waals surface area contributed by atoms with E-state index in [1.165, 1.54) is 12.0 Å². The maximum absolute atomic E-state index is 12.9. The first-order valence-electron chi connectivity index (χ1n) is 9.10. The van der Waals surface area contributed by atoms with E-state index < -0.39 is 30.1 Å².